The molecule has 0 aromatic rings. The minimum atomic E-state index is -2.52. The molecular formula is C9H19NO5Si. The van der Waals surface area contributed by atoms with E-state index in [9.17, 15) is 4.79 Å². The molecule has 0 bridgehead atoms. The van der Waals surface area contributed by atoms with Crippen molar-refractivity contribution in [3.05, 3.63) is 12.8 Å². The lowest BCUT2D eigenvalue weighted by atomic mass is 10.5. The van der Waals surface area contributed by atoms with Gasteiger partial charge in [0.25, 0.3) is 0 Å². The maximum atomic E-state index is 10.9. The van der Waals surface area contributed by atoms with Crippen molar-refractivity contribution in [1.82, 2.24) is 5.32 Å². The van der Waals surface area contributed by atoms with Gasteiger partial charge >= 0.3 is 14.9 Å². The molecule has 0 atom stereocenters. The van der Waals surface area contributed by atoms with Crippen molar-refractivity contribution in [3.63, 3.8) is 0 Å². The number of ether oxygens (including phenoxy) is 1. The van der Waals surface area contributed by atoms with E-state index in [-0.39, 0.29) is 0 Å². The van der Waals surface area contributed by atoms with Crippen molar-refractivity contribution in [2.45, 2.75) is 12.5 Å². The van der Waals surface area contributed by atoms with Gasteiger partial charge in [-0.25, -0.2) is 4.79 Å². The van der Waals surface area contributed by atoms with Crippen LogP contribution in [0.15, 0.2) is 12.8 Å². The number of alkyl carbamates (subject to hydrolysis) is 1. The van der Waals surface area contributed by atoms with Gasteiger partial charge in [-0.3, -0.25) is 0 Å². The molecule has 1 N–H and O–H groups in total. The van der Waals surface area contributed by atoms with E-state index >= 15 is 0 Å². The van der Waals surface area contributed by atoms with Gasteiger partial charge in [-0.1, -0.05) is 6.58 Å². The fourth-order valence-corrected chi connectivity index (χ4v) is 2.89. The highest BCUT2D eigenvalue weighted by atomic mass is 28.4. The number of hydrogen-bond donors (Lipinski definition) is 1. The molecule has 0 fully saturated rings. The van der Waals surface area contributed by atoms with Crippen LogP contribution < -0.4 is 5.32 Å². The van der Waals surface area contributed by atoms with Crippen molar-refractivity contribution < 1.29 is 22.8 Å². The Morgan fingerprint density at radius 1 is 1.31 bits per heavy atom. The van der Waals surface area contributed by atoms with Crippen LogP contribution in [-0.2, 0) is 18.0 Å². The van der Waals surface area contributed by atoms with Gasteiger partial charge in [-0.2, -0.15) is 0 Å². The van der Waals surface area contributed by atoms with Crippen LogP contribution >= 0.6 is 0 Å². The van der Waals surface area contributed by atoms with Crippen molar-refractivity contribution in [3.8, 4) is 0 Å². The molecule has 0 aliphatic carbocycles. The van der Waals surface area contributed by atoms with Crippen LogP contribution in [-0.4, -0.2) is 42.8 Å². The first-order chi connectivity index (χ1) is 7.64. The summed E-state index contributed by atoms with van der Waals surface area (Å²) in [7, 11) is 2.14. The number of nitrogens with one attached hydrogen (secondary N) is 1. The Kier molecular flexibility index (Phi) is 7.82. The molecule has 0 heterocycles. The predicted molar refractivity (Wildman–Crippen MR) is 60.9 cm³/mol. The van der Waals surface area contributed by atoms with Crippen LogP contribution in [0.2, 0.25) is 6.04 Å². The first-order valence-corrected chi connectivity index (χ1v) is 6.78. The van der Waals surface area contributed by atoms with Crippen molar-refractivity contribution in [1.29, 1.82) is 0 Å². The lowest BCUT2D eigenvalue weighted by molar-refractivity contribution is 0.122. The Morgan fingerprint density at radius 2 is 1.88 bits per heavy atom. The summed E-state index contributed by atoms with van der Waals surface area (Å²) in [5, 5.41) is 2.55. The SMILES string of the molecule is C=COC(=O)NCCC[Si](OC)(OC)OC. The van der Waals surface area contributed by atoms with E-state index < -0.39 is 14.9 Å². The third-order valence-corrected chi connectivity index (χ3v) is 4.88. The zero-order chi connectivity index (χ0) is 12.4. The summed E-state index contributed by atoms with van der Waals surface area (Å²) in [6.07, 6.45) is 1.25. The van der Waals surface area contributed by atoms with Gasteiger partial charge in [0.2, 0.25) is 0 Å². The highest BCUT2D eigenvalue weighted by molar-refractivity contribution is 6.60. The van der Waals surface area contributed by atoms with Crippen LogP contribution in [0.4, 0.5) is 4.79 Å². The van der Waals surface area contributed by atoms with E-state index in [1.165, 1.54) is 0 Å². The molecular weight excluding hydrogens is 230 g/mol. The molecule has 0 saturated carbocycles. The molecule has 0 radical (unpaired) electrons. The topological polar surface area (TPSA) is 66.0 Å². The van der Waals surface area contributed by atoms with Crippen molar-refractivity contribution >= 4 is 14.9 Å². The lowest BCUT2D eigenvalue weighted by Gasteiger charge is -2.24. The van der Waals surface area contributed by atoms with Crippen LogP contribution in [0.1, 0.15) is 6.42 Å². The molecule has 7 heteroatoms. The predicted octanol–water partition coefficient (Wildman–Crippen LogP) is 1.12. The number of amides is 1. The van der Waals surface area contributed by atoms with Gasteiger partial charge in [0.15, 0.2) is 0 Å². The molecule has 0 spiro atoms. The smallest absolute Gasteiger partial charge is 0.419 e. The fourth-order valence-electron chi connectivity index (χ4n) is 1.17. The second kappa shape index (κ2) is 8.28. The minimum Gasteiger partial charge on any atom is -0.419 e. The summed E-state index contributed by atoms with van der Waals surface area (Å²) in [5.74, 6) is 0. The summed E-state index contributed by atoms with van der Waals surface area (Å²) < 4.78 is 20.2. The van der Waals surface area contributed by atoms with E-state index in [1.807, 2.05) is 0 Å². The Bertz CT molecular complexity index is 212. The minimum absolute atomic E-state index is 0.470. The largest absolute Gasteiger partial charge is 0.500 e. The Morgan fingerprint density at radius 3 is 2.31 bits per heavy atom. The molecule has 1 amide bonds. The van der Waals surface area contributed by atoms with E-state index in [1.54, 1.807) is 21.3 Å². The van der Waals surface area contributed by atoms with Crippen LogP contribution in [0, 0.1) is 0 Å². The van der Waals surface area contributed by atoms with Gasteiger partial charge in [-0.15, -0.1) is 0 Å². The first kappa shape index (κ1) is 15.1. The zero-order valence-corrected chi connectivity index (χ0v) is 10.9. The second-order valence-electron chi connectivity index (χ2n) is 2.90. The molecule has 94 valence electrons. The van der Waals surface area contributed by atoms with E-state index in [2.05, 4.69) is 16.6 Å². The third kappa shape index (κ3) is 5.26. The van der Waals surface area contributed by atoms with Gasteiger partial charge < -0.3 is 23.3 Å². The van der Waals surface area contributed by atoms with Gasteiger partial charge in [0.1, 0.15) is 0 Å². The summed E-state index contributed by atoms with van der Waals surface area (Å²) in [5.41, 5.74) is 0. The molecule has 0 aromatic carbocycles. The lowest BCUT2D eigenvalue weighted by Crippen LogP contribution is -2.43. The number of carbonyl (C=O) groups is 1. The molecule has 0 aromatic heterocycles. The highest BCUT2D eigenvalue weighted by Gasteiger charge is 2.36. The zero-order valence-electron chi connectivity index (χ0n) is 9.95. The Balaban J connectivity index is 3.78. The maximum Gasteiger partial charge on any atom is 0.500 e. The van der Waals surface area contributed by atoms with Gasteiger partial charge in [0.05, 0.1) is 6.26 Å². The first-order valence-electron chi connectivity index (χ1n) is 4.85. The second-order valence-corrected chi connectivity index (χ2v) is 5.99. The van der Waals surface area contributed by atoms with Gasteiger partial charge in [0, 0.05) is 33.9 Å². The Labute approximate surface area is 96.9 Å². The molecule has 0 rings (SSSR count). The molecule has 16 heavy (non-hydrogen) atoms. The summed E-state index contributed by atoms with van der Waals surface area (Å²) in [4.78, 5) is 10.9. The van der Waals surface area contributed by atoms with E-state index in [0.29, 0.717) is 19.0 Å². The van der Waals surface area contributed by atoms with Crippen LogP contribution in [0.3, 0.4) is 0 Å². The third-order valence-electron chi connectivity index (χ3n) is 2.05. The Hall–Kier alpha value is -0.893. The highest BCUT2D eigenvalue weighted by Crippen LogP contribution is 2.14. The average molecular weight is 249 g/mol. The molecule has 0 aliphatic rings. The summed E-state index contributed by atoms with van der Waals surface area (Å²) >= 11 is 0. The monoisotopic (exact) mass is 249 g/mol. The quantitative estimate of drug-likeness (QED) is 0.397. The van der Waals surface area contributed by atoms with E-state index in [4.69, 9.17) is 13.3 Å². The van der Waals surface area contributed by atoms with Crippen molar-refractivity contribution in [2.75, 3.05) is 27.9 Å². The molecule has 6 nitrogen and oxygen atoms in total. The number of rotatable bonds is 8. The molecule has 0 aliphatic heterocycles. The van der Waals surface area contributed by atoms with Crippen molar-refractivity contribution in [2.24, 2.45) is 0 Å². The van der Waals surface area contributed by atoms with Crippen LogP contribution in [0.25, 0.3) is 0 Å². The molecule has 0 saturated heterocycles. The standard InChI is InChI=1S/C9H19NO5Si/c1-5-15-9(11)10-7-6-8-16(12-2,13-3)14-4/h5H,1,6-8H2,2-4H3,(H,10,11). The van der Waals surface area contributed by atoms with E-state index in [0.717, 1.165) is 6.26 Å². The number of carbonyl (C=O) groups excluding carboxylic acids is 1. The summed E-state index contributed by atoms with van der Waals surface area (Å²) in [6, 6.07) is 0.630. The number of hydrogen-bond acceptors (Lipinski definition) is 5. The average Bonchev–Trinajstić information content (AvgIpc) is 2.31. The fraction of sp³-hybridized carbons (Fsp3) is 0.667. The summed E-state index contributed by atoms with van der Waals surface area (Å²) in [6.45, 7) is 3.74. The normalized spacial score (nSPS) is 10.9. The van der Waals surface area contributed by atoms with Gasteiger partial charge in [-0.05, 0) is 6.42 Å². The molecule has 0 unspecified atom stereocenters. The maximum absolute atomic E-state index is 10.9. The van der Waals surface area contributed by atoms with Crippen LogP contribution in [0.5, 0.6) is 0 Å².